The van der Waals surface area contributed by atoms with Crippen molar-refractivity contribution in [3.63, 3.8) is 0 Å². The van der Waals surface area contributed by atoms with Crippen LogP contribution in [0.15, 0.2) is 54.6 Å². The largest absolute Gasteiger partial charge is 0.493 e. The van der Waals surface area contributed by atoms with E-state index in [0.29, 0.717) is 24.8 Å². The molecular formula is C27H37N3O4. The van der Waals surface area contributed by atoms with Gasteiger partial charge in [0, 0.05) is 25.3 Å². The first-order valence-electron chi connectivity index (χ1n) is 11.6. The van der Waals surface area contributed by atoms with Crippen molar-refractivity contribution in [1.82, 2.24) is 9.78 Å². The molecule has 7 heteroatoms. The van der Waals surface area contributed by atoms with Crippen LogP contribution in [0.1, 0.15) is 39.0 Å². The lowest BCUT2D eigenvalue weighted by Gasteiger charge is -2.26. The minimum absolute atomic E-state index is 0.156. The van der Waals surface area contributed by atoms with Crippen molar-refractivity contribution in [2.75, 3.05) is 25.6 Å². The number of para-hydroxylation sites is 1. The zero-order chi connectivity index (χ0) is 24.9. The van der Waals surface area contributed by atoms with E-state index in [4.69, 9.17) is 14.6 Å². The van der Waals surface area contributed by atoms with E-state index < -0.39 is 11.9 Å². The van der Waals surface area contributed by atoms with Crippen LogP contribution in [0.25, 0.3) is 11.3 Å². The highest BCUT2D eigenvalue weighted by Gasteiger charge is 2.27. The van der Waals surface area contributed by atoms with E-state index in [1.807, 2.05) is 61.2 Å². The summed E-state index contributed by atoms with van der Waals surface area (Å²) in [6.07, 6.45) is -1.59. The van der Waals surface area contributed by atoms with Crippen molar-refractivity contribution in [1.29, 1.82) is 0 Å². The molecule has 184 valence electrons. The number of hydrogen-bond donors (Lipinski definition) is 2. The normalized spacial score (nSPS) is 11.9. The minimum atomic E-state index is -1.59. The third-order valence-corrected chi connectivity index (χ3v) is 5.55. The molecule has 0 aliphatic carbocycles. The number of hydrogen-bond acceptors (Lipinski definition) is 6. The molecule has 0 amide bonds. The van der Waals surface area contributed by atoms with Gasteiger partial charge in [0.15, 0.2) is 6.29 Å². The predicted molar refractivity (Wildman–Crippen MR) is 135 cm³/mol. The Labute approximate surface area is 202 Å². The second-order valence-electron chi connectivity index (χ2n) is 9.70. The van der Waals surface area contributed by atoms with E-state index in [1.165, 1.54) is 0 Å². The molecule has 1 heterocycles. The van der Waals surface area contributed by atoms with Crippen LogP contribution >= 0.6 is 0 Å². The predicted octanol–water partition coefficient (Wildman–Crippen LogP) is 4.31. The molecule has 0 bridgehead atoms. The molecule has 0 atom stereocenters. The summed E-state index contributed by atoms with van der Waals surface area (Å²) in [6, 6.07) is 18.2. The Bertz CT molecular complexity index is 1070. The molecule has 0 radical (unpaired) electrons. The molecule has 1 aromatic heterocycles. The number of aromatic nitrogens is 2. The second kappa shape index (κ2) is 11.0. The fraction of sp³-hybridized carbons (Fsp3) is 0.444. The molecule has 3 aromatic rings. The average Bonchev–Trinajstić information content (AvgIpc) is 3.19. The Kier molecular flexibility index (Phi) is 8.36. The third kappa shape index (κ3) is 6.59. The first-order chi connectivity index (χ1) is 16.1. The quantitative estimate of drug-likeness (QED) is 0.409. The summed E-state index contributed by atoms with van der Waals surface area (Å²) < 4.78 is 13.7. The molecule has 2 aromatic carbocycles. The van der Waals surface area contributed by atoms with Crippen molar-refractivity contribution in [3.8, 4) is 17.0 Å². The number of aliphatic hydroxyl groups excluding tert-OH is 1. The number of rotatable bonds is 11. The van der Waals surface area contributed by atoms with Crippen molar-refractivity contribution in [2.45, 2.75) is 52.7 Å². The molecule has 2 N–H and O–H groups in total. The standard InChI is InChI=1S/C27H37N3O4/c1-19(2)17-33-23-12-9-11-20(14-23)25-15-22(18-34-27(3,4)26(31)32)28-30(25)16-21-10-7-8-13-24(21)29(5)6/h7-15,19,26,31-32H,16-18H2,1-6H3. The molecule has 0 saturated heterocycles. The molecule has 0 aliphatic rings. The van der Waals surface area contributed by atoms with Crippen molar-refractivity contribution in [2.24, 2.45) is 5.92 Å². The van der Waals surface area contributed by atoms with Crippen LogP contribution in [0.5, 0.6) is 5.75 Å². The Morgan fingerprint density at radius 1 is 1.03 bits per heavy atom. The highest BCUT2D eigenvalue weighted by molar-refractivity contribution is 5.63. The third-order valence-electron chi connectivity index (χ3n) is 5.55. The van der Waals surface area contributed by atoms with Gasteiger partial charge in [0.2, 0.25) is 0 Å². The number of ether oxygens (including phenoxy) is 2. The molecule has 0 fully saturated rings. The van der Waals surface area contributed by atoms with Gasteiger partial charge in [-0.15, -0.1) is 0 Å². The van der Waals surface area contributed by atoms with Crippen molar-refractivity contribution < 1.29 is 19.7 Å². The van der Waals surface area contributed by atoms with E-state index >= 15 is 0 Å². The summed E-state index contributed by atoms with van der Waals surface area (Å²) in [5, 5.41) is 24.0. The highest BCUT2D eigenvalue weighted by atomic mass is 16.6. The van der Waals surface area contributed by atoms with Gasteiger partial charge in [-0.2, -0.15) is 5.10 Å². The van der Waals surface area contributed by atoms with Gasteiger partial charge >= 0.3 is 0 Å². The summed E-state index contributed by atoms with van der Waals surface area (Å²) in [4.78, 5) is 2.09. The number of anilines is 1. The molecule has 7 nitrogen and oxygen atoms in total. The topological polar surface area (TPSA) is 80.0 Å². The van der Waals surface area contributed by atoms with Gasteiger partial charge in [0.1, 0.15) is 11.4 Å². The molecule has 0 saturated carbocycles. The molecule has 34 heavy (non-hydrogen) atoms. The molecule has 0 spiro atoms. The fourth-order valence-corrected chi connectivity index (χ4v) is 3.48. The summed E-state index contributed by atoms with van der Waals surface area (Å²) >= 11 is 0. The van der Waals surface area contributed by atoms with Gasteiger partial charge < -0.3 is 24.6 Å². The van der Waals surface area contributed by atoms with E-state index in [9.17, 15) is 10.2 Å². The van der Waals surface area contributed by atoms with Gasteiger partial charge in [0.25, 0.3) is 0 Å². The lowest BCUT2D eigenvalue weighted by atomic mass is 10.1. The first-order valence-corrected chi connectivity index (χ1v) is 11.6. The van der Waals surface area contributed by atoms with E-state index in [0.717, 1.165) is 28.3 Å². The van der Waals surface area contributed by atoms with E-state index in [-0.39, 0.29) is 6.61 Å². The van der Waals surface area contributed by atoms with Gasteiger partial charge in [0.05, 0.1) is 31.1 Å². The smallest absolute Gasteiger partial charge is 0.180 e. The molecule has 0 unspecified atom stereocenters. The van der Waals surface area contributed by atoms with Crippen LogP contribution < -0.4 is 9.64 Å². The zero-order valence-corrected chi connectivity index (χ0v) is 21.0. The van der Waals surface area contributed by atoms with Crippen LogP contribution in [-0.2, 0) is 17.9 Å². The molecular weight excluding hydrogens is 430 g/mol. The average molecular weight is 468 g/mol. The fourth-order valence-electron chi connectivity index (χ4n) is 3.48. The molecule has 0 aliphatic heterocycles. The van der Waals surface area contributed by atoms with Gasteiger partial charge in [-0.1, -0.05) is 44.2 Å². The minimum Gasteiger partial charge on any atom is -0.493 e. The Morgan fingerprint density at radius 2 is 1.76 bits per heavy atom. The zero-order valence-electron chi connectivity index (χ0n) is 21.0. The van der Waals surface area contributed by atoms with Crippen molar-refractivity contribution >= 4 is 5.69 Å². The lowest BCUT2D eigenvalue weighted by Crippen LogP contribution is -2.38. The number of benzene rings is 2. The number of nitrogens with zero attached hydrogens (tertiary/aromatic N) is 3. The lowest BCUT2D eigenvalue weighted by molar-refractivity contribution is -0.197. The van der Waals surface area contributed by atoms with Crippen LogP contribution in [0.4, 0.5) is 5.69 Å². The van der Waals surface area contributed by atoms with Crippen LogP contribution in [0.3, 0.4) is 0 Å². The first kappa shape index (κ1) is 25.7. The van der Waals surface area contributed by atoms with Gasteiger partial charge in [-0.25, -0.2) is 0 Å². The summed E-state index contributed by atoms with van der Waals surface area (Å²) in [6.45, 7) is 8.90. The maximum atomic E-state index is 9.58. The van der Waals surface area contributed by atoms with E-state index in [1.54, 1.807) is 13.8 Å². The maximum absolute atomic E-state index is 9.58. The Balaban J connectivity index is 1.97. The van der Waals surface area contributed by atoms with Gasteiger partial charge in [-0.05, 0) is 49.6 Å². The van der Waals surface area contributed by atoms with E-state index in [2.05, 4.69) is 30.9 Å². The molecule has 3 rings (SSSR count). The van der Waals surface area contributed by atoms with Crippen molar-refractivity contribution in [3.05, 3.63) is 65.9 Å². The van der Waals surface area contributed by atoms with Crippen LogP contribution in [0.2, 0.25) is 0 Å². The maximum Gasteiger partial charge on any atom is 0.180 e. The highest BCUT2D eigenvalue weighted by Crippen LogP contribution is 2.28. The number of aliphatic hydroxyl groups is 2. The monoisotopic (exact) mass is 467 g/mol. The van der Waals surface area contributed by atoms with Crippen LogP contribution in [-0.4, -0.2) is 52.6 Å². The summed E-state index contributed by atoms with van der Waals surface area (Å²) in [5.41, 5.74) is 3.79. The van der Waals surface area contributed by atoms with Gasteiger partial charge in [-0.3, -0.25) is 4.68 Å². The Morgan fingerprint density at radius 3 is 2.44 bits per heavy atom. The Hall–Kier alpha value is -2.87. The summed E-state index contributed by atoms with van der Waals surface area (Å²) in [5.74, 6) is 1.25. The summed E-state index contributed by atoms with van der Waals surface area (Å²) in [7, 11) is 4.06. The SMILES string of the molecule is CC(C)COc1cccc(-c2cc(COC(C)(C)C(O)O)nn2Cc2ccccc2N(C)C)c1. The van der Waals surface area contributed by atoms with Crippen LogP contribution in [0, 0.1) is 5.92 Å². The second-order valence-corrected chi connectivity index (χ2v) is 9.70.